The van der Waals surface area contributed by atoms with Crippen LogP contribution in [-0.4, -0.2) is 38.1 Å². The van der Waals surface area contributed by atoms with Gasteiger partial charge in [-0.05, 0) is 68.7 Å². The number of rotatable bonds is 5. The summed E-state index contributed by atoms with van der Waals surface area (Å²) in [5, 5.41) is 0. The van der Waals surface area contributed by atoms with Gasteiger partial charge in [-0.3, -0.25) is 14.3 Å². The normalized spacial score (nSPS) is 14.6. The Bertz CT molecular complexity index is 946. The van der Waals surface area contributed by atoms with Crippen LogP contribution in [0.2, 0.25) is 0 Å². The van der Waals surface area contributed by atoms with Crippen molar-refractivity contribution in [2.45, 2.75) is 31.1 Å². The highest BCUT2D eigenvalue weighted by Gasteiger charge is 2.21. The van der Waals surface area contributed by atoms with Gasteiger partial charge in [-0.25, -0.2) is 8.42 Å². The topological polar surface area (TPSA) is 83.5 Å². The van der Waals surface area contributed by atoms with E-state index in [1.807, 2.05) is 0 Å². The van der Waals surface area contributed by atoms with Crippen molar-refractivity contribution in [2.75, 3.05) is 17.8 Å². The highest BCUT2D eigenvalue weighted by molar-refractivity contribution is 7.92. The summed E-state index contributed by atoms with van der Waals surface area (Å²) in [7, 11) is -3.84. The Morgan fingerprint density at radius 2 is 1.59 bits per heavy atom. The molecule has 0 spiro atoms. The molecule has 1 amide bonds. The SMILES string of the molecule is CC(=O)c1ccc(NS(=O)(=O)c2cccc(C(=O)N3CCCCC3)c2)cc1. The summed E-state index contributed by atoms with van der Waals surface area (Å²) in [5.74, 6) is -0.231. The highest BCUT2D eigenvalue weighted by atomic mass is 32.2. The molecule has 1 fully saturated rings. The van der Waals surface area contributed by atoms with E-state index in [-0.39, 0.29) is 16.6 Å². The first-order valence-electron chi connectivity index (χ1n) is 8.90. The molecule has 0 bridgehead atoms. The van der Waals surface area contributed by atoms with E-state index in [2.05, 4.69) is 4.72 Å². The Labute approximate surface area is 159 Å². The monoisotopic (exact) mass is 386 g/mol. The lowest BCUT2D eigenvalue weighted by Gasteiger charge is -2.26. The maximum Gasteiger partial charge on any atom is 0.261 e. The molecule has 2 aromatic rings. The average molecular weight is 386 g/mol. The molecule has 0 aromatic heterocycles. The van der Waals surface area contributed by atoms with Crippen LogP contribution in [-0.2, 0) is 10.0 Å². The summed E-state index contributed by atoms with van der Waals surface area (Å²) >= 11 is 0. The van der Waals surface area contributed by atoms with Gasteiger partial charge in [0, 0.05) is 29.9 Å². The zero-order valence-electron chi connectivity index (χ0n) is 15.1. The van der Waals surface area contributed by atoms with Crippen molar-refractivity contribution in [1.29, 1.82) is 0 Å². The number of nitrogens with one attached hydrogen (secondary N) is 1. The van der Waals surface area contributed by atoms with Crippen LogP contribution >= 0.6 is 0 Å². The molecule has 0 unspecified atom stereocenters. The predicted octanol–water partition coefficient (Wildman–Crippen LogP) is 3.32. The van der Waals surface area contributed by atoms with Gasteiger partial charge in [-0.15, -0.1) is 0 Å². The molecule has 7 heteroatoms. The van der Waals surface area contributed by atoms with Crippen molar-refractivity contribution in [2.24, 2.45) is 0 Å². The molecule has 0 radical (unpaired) electrons. The number of nitrogens with zero attached hydrogens (tertiary/aromatic N) is 1. The fourth-order valence-corrected chi connectivity index (χ4v) is 4.17. The van der Waals surface area contributed by atoms with E-state index in [1.54, 1.807) is 29.2 Å². The molecule has 3 rings (SSSR count). The van der Waals surface area contributed by atoms with Crippen LogP contribution in [0.4, 0.5) is 5.69 Å². The lowest BCUT2D eigenvalue weighted by atomic mass is 10.1. The largest absolute Gasteiger partial charge is 0.339 e. The summed E-state index contributed by atoms with van der Waals surface area (Å²) < 4.78 is 27.8. The van der Waals surface area contributed by atoms with E-state index in [1.165, 1.54) is 31.2 Å². The maximum atomic E-state index is 12.7. The average Bonchev–Trinajstić information content (AvgIpc) is 2.68. The Morgan fingerprint density at radius 1 is 0.926 bits per heavy atom. The van der Waals surface area contributed by atoms with Crippen molar-refractivity contribution in [3.8, 4) is 0 Å². The smallest absolute Gasteiger partial charge is 0.261 e. The predicted molar refractivity (Wildman–Crippen MR) is 103 cm³/mol. The zero-order chi connectivity index (χ0) is 19.4. The van der Waals surface area contributed by atoms with Gasteiger partial charge in [-0.2, -0.15) is 0 Å². The molecule has 142 valence electrons. The Morgan fingerprint density at radius 3 is 2.22 bits per heavy atom. The molecule has 1 aliphatic heterocycles. The molecule has 1 aliphatic rings. The summed E-state index contributed by atoms with van der Waals surface area (Å²) in [6.45, 7) is 2.86. The number of sulfonamides is 1. The summed E-state index contributed by atoms with van der Waals surface area (Å²) in [5.41, 5.74) is 1.23. The molecule has 27 heavy (non-hydrogen) atoms. The van der Waals surface area contributed by atoms with Gasteiger partial charge >= 0.3 is 0 Å². The third-order valence-electron chi connectivity index (χ3n) is 4.58. The van der Waals surface area contributed by atoms with Crippen LogP contribution in [0.25, 0.3) is 0 Å². The number of hydrogen-bond acceptors (Lipinski definition) is 4. The standard InChI is InChI=1S/C20H22N2O4S/c1-15(23)16-8-10-18(11-9-16)21-27(25,26)19-7-5-6-17(14-19)20(24)22-12-3-2-4-13-22/h5-11,14,21H,2-4,12-13H2,1H3. The van der Waals surface area contributed by atoms with Gasteiger partial charge in [0.1, 0.15) is 0 Å². The lowest BCUT2D eigenvalue weighted by molar-refractivity contribution is 0.0724. The first-order valence-corrected chi connectivity index (χ1v) is 10.4. The number of Topliss-reactive ketones (excluding diaryl/α,β-unsaturated/α-hetero) is 1. The van der Waals surface area contributed by atoms with Gasteiger partial charge in [0.25, 0.3) is 15.9 Å². The second-order valence-corrected chi connectivity index (χ2v) is 8.30. The van der Waals surface area contributed by atoms with E-state index in [0.717, 1.165) is 19.3 Å². The molecule has 1 heterocycles. The van der Waals surface area contributed by atoms with Gasteiger partial charge in [0.2, 0.25) is 0 Å². The number of ketones is 1. The van der Waals surface area contributed by atoms with Gasteiger partial charge in [-0.1, -0.05) is 6.07 Å². The van der Waals surface area contributed by atoms with Gasteiger partial charge in [0.05, 0.1) is 4.90 Å². The number of amides is 1. The molecule has 0 aliphatic carbocycles. The van der Waals surface area contributed by atoms with Gasteiger partial charge < -0.3 is 4.90 Å². The van der Waals surface area contributed by atoms with E-state index in [9.17, 15) is 18.0 Å². The quantitative estimate of drug-likeness (QED) is 0.799. The van der Waals surface area contributed by atoms with Crippen LogP contribution in [0.3, 0.4) is 0 Å². The Hall–Kier alpha value is -2.67. The third kappa shape index (κ3) is 4.54. The highest BCUT2D eigenvalue weighted by Crippen LogP contribution is 2.20. The number of benzene rings is 2. The van der Waals surface area contributed by atoms with Crippen molar-refractivity contribution in [1.82, 2.24) is 4.90 Å². The Balaban J connectivity index is 1.80. The molecule has 1 N–H and O–H groups in total. The zero-order valence-corrected chi connectivity index (χ0v) is 16.0. The number of piperidine rings is 1. The minimum absolute atomic E-state index is 0.0287. The van der Waals surface area contributed by atoms with E-state index >= 15 is 0 Å². The summed E-state index contributed by atoms with van der Waals surface area (Å²) in [4.78, 5) is 25.7. The molecular weight excluding hydrogens is 364 g/mol. The van der Waals surface area contributed by atoms with Crippen LogP contribution in [0.15, 0.2) is 53.4 Å². The number of carbonyl (C=O) groups excluding carboxylic acids is 2. The fraction of sp³-hybridized carbons (Fsp3) is 0.300. The van der Waals surface area contributed by atoms with E-state index in [4.69, 9.17) is 0 Å². The van der Waals surface area contributed by atoms with Crippen LogP contribution in [0.5, 0.6) is 0 Å². The molecule has 2 aromatic carbocycles. The number of anilines is 1. The van der Waals surface area contributed by atoms with Crippen molar-refractivity contribution in [3.05, 3.63) is 59.7 Å². The minimum Gasteiger partial charge on any atom is -0.339 e. The van der Waals surface area contributed by atoms with Crippen LogP contribution in [0.1, 0.15) is 46.9 Å². The molecule has 6 nitrogen and oxygen atoms in total. The summed E-state index contributed by atoms with van der Waals surface area (Å²) in [6, 6.07) is 12.3. The first-order chi connectivity index (χ1) is 12.9. The Kier molecular flexibility index (Phi) is 5.60. The molecule has 0 atom stereocenters. The molecule has 0 saturated carbocycles. The summed E-state index contributed by atoms with van der Waals surface area (Å²) in [6.07, 6.45) is 3.06. The van der Waals surface area contributed by atoms with Crippen LogP contribution < -0.4 is 4.72 Å². The van der Waals surface area contributed by atoms with E-state index < -0.39 is 10.0 Å². The van der Waals surface area contributed by atoms with Crippen molar-refractivity contribution < 1.29 is 18.0 Å². The second kappa shape index (κ2) is 7.92. The van der Waals surface area contributed by atoms with Crippen LogP contribution in [0, 0.1) is 0 Å². The first kappa shape index (κ1) is 19.1. The fourth-order valence-electron chi connectivity index (χ4n) is 3.06. The third-order valence-corrected chi connectivity index (χ3v) is 5.96. The second-order valence-electron chi connectivity index (χ2n) is 6.62. The van der Waals surface area contributed by atoms with E-state index in [0.29, 0.717) is 29.9 Å². The molecule has 1 saturated heterocycles. The van der Waals surface area contributed by atoms with Crippen molar-refractivity contribution >= 4 is 27.4 Å². The number of likely N-dealkylation sites (tertiary alicyclic amines) is 1. The molecular formula is C20H22N2O4S. The maximum absolute atomic E-state index is 12.7. The van der Waals surface area contributed by atoms with Gasteiger partial charge in [0.15, 0.2) is 5.78 Å². The van der Waals surface area contributed by atoms with Crippen molar-refractivity contribution in [3.63, 3.8) is 0 Å². The lowest BCUT2D eigenvalue weighted by Crippen LogP contribution is -2.35. The number of hydrogen-bond donors (Lipinski definition) is 1. The minimum atomic E-state index is -3.84. The number of carbonyl (C=O) groups is 2.